The summed E-state index contributed by atoms with van der Waals surface area (Å²) in [7, 11) is -2.85. The molecule has 1 N–H and O–H groups in total. The fourth-order valence-electron chi connectivity index (χ4n) is 3.24. The maximum absolute atomic E-state index is 12.2. The van der Waals surface area contributed by atoms with E-state index < -0.39 is 9.84 Å². The molecule has 138 valence electrons. The predicted molar refractivity (Wildman–Crippen MR) is 96.2 cm³/mol. The van der Waals surface area contributed by atoms with Gasteiger partial charge in [-0.05, 0) is 36.5 Å². The van der Waals surface area contributed by atoms with Crippen LogP contribution in [-0.4, -0.2) is 63.6 Å². The first-order chi connectivity index (χ1) is 12.0. The van der Waals surface area contributed by atoms with Crippen LogP contribution in [0.2, 0.25) is 0 Å². The Morgan fingerprint density at radius 3 is 2.56 bits per heavy atom. The van der Waals surface area contributed by atoms with Gasteiger partial charge in [-0.2, -0.15) is 0 Å². The largest absolute Gasteiger partial charge is 0.381 e. The lowest BCUT2D eigenvalue weighted by Crippen LogP contribution is -2.39. The average Bonchev–Trinajstić information content (AvgIpc) is 2.63. The van der Waals surface area contributed by atoms with E-state index in [4.69, 9.17) is 4.74 Å². The van der Waals surface area contributed by atoms with Crippen LogP contribution >= 0.6 is 0 Å². The summed E-state index contributed by atoms with van der Waals surface area (Å²) in [5, 5.41) is 2.98. The number of hydrogen-bond donors (Lipinski definition) is 1. The van der Waals surface area contributed by atoms with E-state index in [9.17, 15) is 13.2 Å². The van der Waals surface area contributed by atoms with Gasteiger partial charge in [0, 0.05) is 38.3 Å². The molecule has 1 aromatic rings. The molecule has 0 radical (unpaired) electrons. The van der Waals surface area contributed by atoms with Crippen LogP contribution < -0.4 is 5.32 Å². The van der Waals surface area contributed by atoms with Crippen LogP contribution in [0.15, 0.2) is 24.3 Å². The zero-order valence-electron chi connectivity index (χ0n) is 14.4. The minimum absolute atomic E-state index is 0.0545. The minimum atomic E-state index is -2.85. The van der Waals surface area contributed by atoms with Crippen LogP contribution in [0.1, 0.15) is 28.8 Å². The van der Waals surface area contributed by atoms with E-state index in [1.807, 2.05) is 24.3 Å². The number of carbonyl (C=O) groups excluding carboxylic acids is 1. The zero-order valence-corrected chi connectivity index (χ0v) is 15.3. The van der Waals surface area contributed by atoms with Crippen molar-refractivity contribution in [3.05, 3.63) is 35.4 Å². The molecule has 25 heavy (non-hydrogen) atoms. The summed E-state index contributed by atoms with van der Waals surface area (Å²) in [5.74, 6) is 0.824. The Morgan fingerprint density at radius 1 is 1.20 bits per heavy atom. The quantitative estimate of drug-likeness (QED) is 0.844. The Balaban J connectivity index is 1.47. The van der Waals surface area contributed by atoms with Gasteiger partial charge in [0.05, 0.1) is 18.1 Å². The third kappa shape index (κ3) is 5.52. The minimum Gasteiger partial charge on any atom is -0.381 e. The van der Waals surface area contributed by atoms with Crippen molar-refractivity contribution in [2.24, 2.45) is 5.92 Å². The summed E-state index contributed by atoms with van der Waals surface area (Å²) < 4.78 is 28.4. The van der Waals surface area contributed by atoms with Gasteiger partial charge in [-0.25, -0.2) is 8.42 Å². The summed E-state index contributed by atoms with van der Waals surface area (Å²) in [6.07, 6.45) is 2.16. The summed E-state index contributed by atoms with van der Waals surface area (Å²) in [5.41, 5.74) is 1.75. The maximum Gasteiger partial charge on any atom is 0.251 e. The van der Waals surface area contributed by atoms with Crippen molar-refractivity contribution >= 4 is 15.7 Å². The van der Waals surface area contributed by atoms with Crippen LogP contribution in [0.3, 0.4) is 0 Å². The Kier molecular flexibility index (Phi) is 6.09. The van der Waals surface area contributed by atoms with Crippen LogP contribution in [0.25, 0.3) is 0 Å². The highest BCUT2D eigenvalue weighted by Gasteiger charge is 2.21. The van der Waals surface area contributed by atoms with Crippen LogP contribution in [0.5, 0.6) is 0 Å². The number of ether oxygens (including phenoxy) is 1. The topological polar surface area (TPSA) is 75.7 Å². The molecule has 0 aromatic heterocycles. The average molecular weight is 366 g/mol. The van der Waals surface area contributed by atoms with Gasteiger partial charge in [-0.15, -0.1) is 0 Å². The number of amides is 1. The van der Waals surface area contributed by atoms with Gasteiger partial charge in [0.2, 0.25) is 0 Å². The number of rotatable bonds is 5. The summed E-state index contributed by atoms with van der Waals surface area (Å²) in [4.78, 5) is 14.4. The van der Waals surface area contributed by atoms with E-state index in [1.165, 1.54) is 0 Å². The molecule has 0 spiro atoms. The number of hydrogen-bond acceptors (Lipinski definition) is 5. The van der Waals surface area contributed by atoms with Crippen LogP contribution in [0, 0.1) is 5.92 Å². The zero-order chi connectivity index (χ0) is 17.7. The monoisotopic (exact) mass is 366 g/mol. The normalized spacial score (nSPS) is 23.9. The van der Waals surface area contributed by atoms with E-state index in [2.05, 4.69) is 10.2 Å². The van der Waals surface area contributed by atoms with Crippen molar-refractivity contribution in [3.8, 4) is 0 Å². The Hall–Kier alpha value is -1.44. The highest BCUT2D eigenvalue weighted by molar-refractivity contribution is 7.91. The number of nitrogens with zero attached hydrogens (tertiary/aromatic N) is 1. The molecule has 1 amide bonds. The lowest BCUT2D eigenvalue weighted by atomic mass is 10.0. The first-order valence-corrected chi connectivity index (χ1v) is 10.7. The van der Waals surface area contributed by atoms with E-state index in [0.29, 0.717) is 31.1 Å². The molecule has 0 aliphatic carbocycles. The summed E-state index contributed by atoms with van der Waals surface area (Å²) >= 11 is 0. The van der Waals surface area contributed by atoms with E-state index in [1.54, 1.807) is 0 Å². The molecule has 6 nitrogen and oxygen atoms in total. The van der Waals surface area contributed by atoms with Crippen molar-refractivity contribution in [1.29, 1.82) is 0 Å². The second-order valence-corrected chi connectivity index (χ2v) is 9.22. The fourth-order valence-corrected chi connectivity index (χ4v) is 4.51. The predicted octanol–water partition coefficient (Wildman–Crippen LogP) is 1.07. The van der Waals surface area contributed by atoms with Crippen LogP contribution in [-0.2, 0) is 21.1 Å². The molecule has 2 heterocycles. The number of benzene rings is 1. The SMILES string of the molecule is O=C(NCC1CCCOC1)c1ccc(CN2CCS(=O)(=O)CC2)cc1. The van der Waals surface area contributed by atoms with Crippen molar-refractivity contribution in [2.75, 3.05) is 44.4 Å². The van der Waals surface area contributed by atoms with Gasteiger partial charge in [-0.1, -0.05) is 12.1 Å². The molecule has 2 aliphatic rings. The standard InChI is InChI=1S/C18H26N2O4S/c21-18(19-12-16-2-1-9-24-14-16)17-5-3-15(4-6-17)13-20-7-10-25(22,23)11-8-20/h3-6,16H,1-2,7-14H2,(H,19,21). The van der Waals surface area contributed by atoms with Crippen molar-refractivity contribution in [2.45, 2.75) is 19.4 Å². The van der Waals surface area contributed by atoms with Crippen LogP contribution in [0.4, 0.5) is 0 Å². The molecule has 1 aromatic carbocycles. The van der Waals surface area contributed by atoms with Gasteiger partial charge in [0.1, 0.15) is 0 Å². The Bertz CT molecular complexity index is 668. The summed E-state index contributed by atoms with van der Waals surface area (Å²) in [6, 6.07) is 7.56. The number of nitrogens with one attached hydrogen (secondary N) is 1. The second-order valence-electron chi connectivity index (χ2n) is 6.92. The molecular weight excluding hydrogens is 340 g/mol. The molecule has 3 rings (SSSR count). The first-order valence-electron chi connectivity index (χ1n) is 8.89. The van der Waals surface area contributed by atoms with Gasteiger partial charge < -0.3 is 10.1 Å². The molecule has 7 heteroatoms. The molecule has 0 bridgehead atoms. The third-order valence-electron chi connectivity index (χ3n) is 4.87. The lowest BCUT2D eigenvalue weighted by molar-refractivity contribution is 0.0536. The molecule has 0 saturated carbocycles. The maximum atomic E-state index is 12.2. The lowest BCUT2D eigenvalue weighted by Gasteiger charge is -2.26. The van der Waals surface area contributed by atoms with E-state index >= 15 is 0 Å². The van der Waals surface area contributed by atoms with E-state index in [-0.39, 0.29) is 17.4 Å². The smallest absolute Gasteiger partial charge is 0.251 e. The highest BCUT2D eigenvalue weighted by Crippen LogP contribution is 2.13. The second kappa shape index (κ2) is 8.29. The highest BCUT2D eigenvalue weighted by atomic mass is 32.2. The Morgan fingerprint density at radius 2 is 1.92 bits per heavy atom. The van der Waals surface area contributed by atoms with Crippen molar-refractivity contribution < 1.29 is 17.9 Å². The Labute approximate surface area is 149 Å². The summed E-state index contributed by atoms with van der Waals surface area (Å²) in [6.45, 7) is 4.08. The number of sulfone groups is 1. The third-order valence-corrected chi connectivity index (χ3v) is 6.47. The number of carbonyl (C=O) groups is 1. The van der Waals surface area contributed by atoms with Gasteiger partial charge in [0.25, 0.3) is 5.91 Å². The molecular formula is C18H26N2O4S. The van der Waals surface area contributed by atoms with Crippen molar-refractivity contribution in [3.63, 3.8) is 0 Å². The molecule has 2 fully saturated rings. The molecule has 2 saturated heterocycles. The van der Waals surface area contributed by atoms with Crippen molar-refractivity contribution in [1.82, 2.24) is 10.2 Å². The molecule has 2 aliphatic heterocycles. The molecule has 1 unspecified atom stereocenters. The molecule has 1 atom stereocenters. The van der Waals surface area contributed by atoms with Gasteiger partial charge in [-0.3, -0.25) is 9.69 Å². The van der Waals surface area contributed by atoms with Gasteiger partial charge in [0.15, 0.2) is 9.84 Å². The van der Waals surface area contributed by atoms with E-state index in [0.717, 1.165) is 38.2 Å². The fraction of sp³-hybridized carbons (Fsp3) is 0.611. The van der Waals surface area contributed by atoms with Gasteiger partial charge >= 0.3 is 0 Å². The first kappa shape index (κ1) is 18.4.